The van der Waals surface area contributed by atoms with E-state index in [2.05, 4.69) is 15.0 Å². The Morgan fingerprint density at radius 2 is 1.94 bits per heavy atom. The Bertz CT molecular complexity index is 1450. The third-order valence-electron chi connectivity index (χ3n) is 6.75. The molecule has 0 bridgehead atoms. The smallest absolute Gasteiger partial charge is 0.146 e. The van der Waals surface area contributed by atoms with Crippen molar-refractivity contribution >= 4 is 45.2 Å². The number of hydrogen-bond acceptors (Lipinski definition) is 7. The van der Waals surface area contributed by atoms with Crippen molar-refractivity contribution in [3.8, 4) is 0 Å². The Morgan fingerprint density at radius 1 is 1.15 bits per heavy atom. The fourth-order valence-electron chi connectivity index (χ4n) is 4.81. The maximum atomic E-state index is 14.7. The number of rotatable bonds is 5. The van der Waals surface area contributed by atoms with Gasteiger partial charge < -0.3 is 26.2 Å². The molecule has 5 rings (SSSR count). The van der Waals surface area contributed by atoms with Crippen LogP contribution in [0.25, 0.3) is 21.9 Å². The summed E-state index contributed by atoms with van der Waals surface area (Å²) in [6.45, 7) is 1.82. The van der Waals surface area contributed by atoms with Crippen molar-refractivity contribution in [3.63, 3.8) is 0 Å². The van der Waals surface area contributed by atoms with E-state index < -0.39 is 23.6 Å². The molecule has 10 heteroatoms. The van der Waals surface area contributed by atoms with Crippen LogP contribution in [0.2, 0.25) is 5.02 Å². The Hall–Kier alpha value is -3.27. The second-order valence-corrected chi connectivity index (χ2v) is 9.03. The van der Waals surface area contributed by atoms with Gasteiger partial charge in [-0.1, -0.05) is 24.6 Å². The first-order valence-corrected chi connectivity index (χ1v) is 11.3. The molecule has 0 saturated carbocycles. The molecule has 0 saturated heterocycles. The number of aliphatic hydroxyl groups is 2. The molecule has 34 heavy (non-hydrogen) atoms. The van der Waals surface area contributed by atoms with Crippen molar-refractivity contribution in [1.82, 2.24) is 19.5 Å². The lowest BCUT2D eigenvalue weighted by Crippen LogP contribution is -2.43. The number of anilines is 2. The molecule has 0 spiro atoms. The van der Waals surface area contributed by atoms with E-state index in [-0.39, 0.29) is 10.8 Å². The largest absolute Gasteiger partial charge is 0.387 e. The van der Waals surface area contributed by atoms with Crippen molar-refractivity contribution in [2.24, 2.45) is 0 Å². The van der Waals surface area contributed by atoms with Crippen molar-refractivity contribution in [1.29, 1.82) is 0 Å². The average Bonchev–Trinajstić information content (AvgIpc) is 3.34. The van der Waals surface area contributed by atoms with E-state index in [0.29, 0.717) is 58.2 Å². The van der Waals surface area contributed by atoms with E-state index in [9.17, 15) is 14.6 Å². The maximum absolute atomic E-state index is 14.7. The predicted octanol–water partition coefficient (Wildman–Crippen LogP) is 3.55. The molecular formula is C24H24ClFN6O2. The summed E-state index contributed by atoms with van der Waals surface area (Å²) in [5.74, 6) is 0.0426. The maximum Gasteiger partial charge on any atom is 0.146 e. The number of fused-ring (bicyclic) bond motifs is 2. The average molecular weight is 483 g/mol. The zero-order valence-electron chi connectivity index (χ0n) is 18.4. The second kappa shape index (κ2) is 8.19. The third-order valence-corrected chi connectivity index (χ3v) is 7.05. The third kappa shape index (κ3) is 3.48. The molecule has 8 nitrogen and oxygen atoms in total. The molecule has 6 N–H and O–H groups in total. The van der Waals surface area contributed by atoms with Crippen LogP contribution in [-0.2, 0) is 6.42 Å². The van der Waals surface area contributed by atoms with E-state index in [1.165, 1.54) is 18.5 Å². The lowest BCUT2D eigenvalue weighted by atomic mass is 9.86. The van der Waals surface area contributed by atoms with E-state index in [4.69, 9.17) is 23.1 Å². The SMILES string of the molecule is CCC1(O)C(CCc2cc(F)c3cc(Cl)c(N)nc3c2)=CC(n2ccc3c(N)ncnc32)[C@H]1O. The Balaban J connectivity index is 1.47. The van der Waals surface area contributed by atoms with Crippen LogP contribution >= 0.6 is 11.6 Å². The standard InChI is InChI=1S/C24H24ClFN6O2/c1-2-24(34)13(4-3-12-7-17(26)15-10-16(25)22(28)31-18(15)8-12)9-19(20(24)33)32-6-5-14-21(27)29-11-30-23(14)32/h5-11,19-20,33-34H,2-4H2,1H3,(H2,28,31)(H2,27,29,30)/t19?,20-,24?/m1/s1. The number of pyridine rings is 1. The van der Waals surface area contributed by atoms with Crippen molar-refractivity contribution in [2.75, 3.05) is 11.5 Å². The topological polar surface area (TPSA) is 136 Å². The summed E-state index contributed by atoms with van der Waals surface area (Å²) >= 11 is 5.98. The van der Waals surface area contributed by atoms with Gasteiger partial charge in [0, 0.05) is 11.6 Å². The van der Waals surface area contributed by atoms with Crippen LogP contribution in [0.4, 0.5) is 16.0 Å². The normalized spacial score (nSPS) is 22.6. The van der Waals surface area contributed by atoms with Crippen LogP contribution in [0.1, 0.15) is 31.4 Å². The van der Waals surface area contributed by atoms with Gasteiger partial charge in [0.05, 0.1) is 22.0 Å². The summed E-state index contributed by atoms with van der Waals surface area (Å²) in [6, 6.07) is 5.91. The number of aliphatic hydroxyl groups excluding tert-OH is 1. The predicted molar refractivity (Wildman–Crippen MR) is 130 cm³/mol. The lowest BCUT2D eigenvalue weighted by molar-refractivity contribution is -0.0542. The van der Waals surface area contributed by atoms with Gasteiger partial charge in [-0.15, -0.1) is 0 Å². The quantitative estimate of drug-likeness (QED) is 0.319. The molecule has 0 amide bonds. The minimum absolute atomic E-state index is 0.138. The first kappa shape index (κ1) is 22.5. The molecule has 3 aromatic heterocycles. The molecule has 3 heterocycles. The van der Waals surface area contributed by atoms with Crippen molar-refractivity contribution in [2.45, 2.75) is 43.9 Å². The fraction of sp³-hybridized carbons (Fsp3) is 0.292. The molecule has 1 aliphatic carbocycles. The highest BCUT2D eigenvalue weighted by Gasteiger charge is 2.47. The summed E-state index contributed by atoms with van der Waals surface area (Å²) in [5, 5.41) is 23.7. The zero-order valence-corrected chi connectivity index (χ0v) is 19.2. The minimum Gasteiger partial charge on any atom is -0.387 e. The molecule has 1 aromatic carbocycles. The van der Waals surface area contributed by atoms with Crippen LogP contribution in [0.3, 0.4) is 0 Å². The van der Waals surface area contributed by atoms with Crippen LogP contribution < -0.4 is 11.5 Å². The highest BCUT2D eigenvalue weighted by Crippen LogP contribution is 2.43. The first-order chi connectivity index (χ1) is 16.2. The van der Waals surface area contributed by atoms with Crippen LogP contribution in [0.5, 0.6) is 0 Å². The summed E-state index contributed by atoms with van der Waals surface area (Å²) in [7, 11) is 0. The highest BCUT2D eigenvalue weighted by molar-refractivity contribution is 6.33. The van der Waals surface area contributed by atoms with Crippen LogP contribution in [0, 0.1) is 5.82 Å². The summed E-state index contributed by atoms with van der Waals surface area (Å²) in [6.07, 6.45) is 5.09. The molecule has 0 aliphatic heterocycles. The van der Waals surface area contributed by atoms with Gasteiger partial charge in [-0.2, -0.15) is 0 Å². The molecule has 3 atom stereocenters. The highest BCUT2D eigenvalue weighted by atomic mass is 35.5. The van der Waals surface area contributed by atoms with Crippen molar-refractivity contribution in [3.05, 3.63) is 64.8 Å². The monoisotopic (exact) mass is 482 g/mol. The minimum atomic E-state index is -1.43. The van der Waals surface area contributed by atoms with Gasteiger partial charge in [0.1, 0.15) is 41.1 Å². The van der Waals surface area contributed by atoms with Gasteiger partial charge in [0.2, 0.25) is 0 Å². The number of benzene rings is 1. The number of aryl methyl sites for hydroxylation is 1. The van der Waals surface area contributed by atoms with Crippen LogP contribution in [-0.4, -0.2) is 41.4 Å². The number of nitrogens with zero attached hydrogens (tertiary/aromatic N) is 4. The number of halogens is 2. The van der Waals surface area contributed by atoms with Crippen LogP contribution in [0.15, 0.2) is 48.4 Å². The van der Waals surface area contributed by atoms with Crippen molar-refractivity contribution < 1.29 is 14.6 Å². The van der Waals surface area contributed by atoms with Gasteiger partial charge in [0.15, 0.2) is 0 Å². The molecule has 2 unspecified atom stereocenters. The van der Waals surface area contributed by atoms with Gasteiger partial charge in [-0.05, 0) is 54.7 Å². The van der Waals surface area contributed by atoms with E-state index in [0.717, 1.165) is 0 Å². The molecule has 4 aromatic rings. The molecule has 0 fully saturated rings. The van der Waals surface area contributed by atoms with Gasteiger partial charge in [0.25, 0.3) is 0 Å². The summed E-state index contributed by atoms with van der Waals surface area (Å²) in [5.41, 5.74) is 12.7. The Morgan fingerprint density at radius 3 is 2.71 bits per heavy atom. The van der Waals surface area contributed by atoms with Gasteiger partial charge in [-0.25, -0.2) is 19.3 Å². The first-order valence-electron chi connectivity index (χ1n) is 11.0. The van der Waals surface area contributed by atoms with E-state index in [1.807, 2.05) is 13.0 Å². The lowest BCUT2D eigenvalue weighted by Gasteiger charge is -2.31. The van der Waals surface area contributed by atoms with Gasteiger partial charge >= 0.3 is 0 Å². The number of aromatic nitrogens is 4. The number of nitrogens with two attached hydrogens (primary N) is 2. The molecule has 176 valence electrons. The van der Waals surface area contributed by atoms with E-state index in [1.54, 1.807) is 22.9 Å². The summed E-state index contributed by atoms with van der Waals surface area (Å²) < 4.78 is 16.5. The summed E-state index contributed by atoms with van der Waals surface area (Å²) in [4.78, 5) is 12.5. The van der Waals surface area contributed by atoms with Gasteiger partial charge in [-0.3, -0.25) is 0 Å². The molecular weight excluding hydrogens is 459 g/mol. The fourth-order valence-corrected chi connectivity index (χ4v) is 4.97. The Labute approximate surface area is 199 Å². The zero-order chi connectivity index (χ0) is 24.2. The number of nitrogen functional groups attached to an aromatic ring is 2. The Kier molecular flexibility index (Phi) is 5.43. The van der Waals surface area contributed by atoms with E-state index >= 15 is 0 Å². The molecule has 1 aliphatic rings. The second-order valence-electron chi connectivity index (χ2n) is 8.62. The number of hydrogen-bond donors (Lipinski definition) is 4. The molecule has 0 radical (unpaired) electrons.